The highest BCUT2D eigenvalue weighted by Crippen LogP contribution is 2.27. The van der Waals surface area contributed by atoms with E-state index in [1.807, 2.05) is 30.3 Å². The summed E-state index contributed by atoms with van der Waals surface area (Å²) >= 11 is 0. The first-order valence-corrected chi connectivity index (χ1v) is 7.20. The predicted molar refractivity (Wildman–Crippen MR) is 80.9 cm³/mol. The zero-order valence-electron chi connectivity index (χ0n) is 11.8. The number of hydrogen-bond donors (Lipinski definition) is 1. The molecule has 0 aliphatic carbocycles. The number of aryl methyl sites for hydroxylation is 1. The molecule has 1 saturated heterocycles. The average Bonchev–Trinajstić information content (AvgIpc) is 3.01. The molecule has 1 N–H and O–H groups in total. The van der Waals surface area contributed by atoms with E-state index in [0.717, 1.165) is 35.6 Å². The maximum atomic E-state index is 10.4. The van der Waals surface area contributed by atoms with E-state index in [0.29, 0.717) is 0 Å². The second-order valence-electron chi connectivity index (χ2n) is 5.42. The lowest BCUT2D eigenvalue weighted by Crippen LogP contribution is -2.20. The molecule has 1 aliphatic rings. The van der Waals surface area contributed by atoms with E-state index in [9.17, 15) is 5.11 Å². The second kappa shape index (κ2) is 5.63. The summed E-state index contributed by atoms with van der Waals surface area (Å²) in [6.07, 6.45) is 3.69. The Balaban J connectivity index is 1.86. The first-order chi connectivity index (χ1) is 9.75. The summed E-state index contributed by atoms with van der Waals surface area (Å²) in [6, 6.07) is 11.8. The fraction of sp³-hybridized carbons (Fsp3) is 0.353. The summed E-state index contributed by atoms with van der Waals surface area (Å²) in [7, 11) is 0. The lowest BCUT2D eigenvalue weighted by atomic mass is 10.0. The van der Waals surface area contributed by atoms with Gasteiger partial charge in [-0.3, -0.25) is 0 Å². The fourth-order valence-electron chi connectivity index (χ4n) is 2.83. The van der Waals surface area contributed by atoms with Crippen LogP contribution in [0.15, 0.2) is 42.6 Å². The first kappa shape index (κ1) is 13.1. The highest BCUT2D eigenvalue weighted by atomic mass is 16.3. The molecule has 2 heterocycles. The monoisotopic (exact) mass is 268 g/mol. The second-order valence-corrected chi connectivity index (χ2v) is 5.42. The van der Waals surface area contributed by atoms with Crippen LogP contribution in [0.5, 0.6) is 0 Å². The van der Waals surface area contributed by atoms with Gasteiger partial charge < -0.3 is 10.0 Å². The van der Waals surface area contributed by atoms with E-state index in [2.05, 4.69) is 22.9 Å². The minimum atomic E-state index is -0.602. The third-order valence-electron chi connectivity index (χ3n) is 3.91. The molecule has 1 atom stereocenters. The molecule has 0 saturated carbocycles. The highest BCUT2D eigenvalue weighted by Gasteiger charge is 2.17. The number of aliphatic hydroxyl groups is 1. The molecule has 1 fully saturated rings. The molecule has 1 aromatic carbocycles. The van der Waals surface area contributed by atoms with Crippen LogP contribution in [0.2, 0.25) is 0 Å². The summed E-state index contributed by atoms with van der Waals surface area (Å²) in [5.74, 6) is 1.06. The molecule has 0 bridgehead atoms. The van der Waals surface area contributed by atoms with Gasteiger partial charge in [-0.15, -0.1) is 0 Å². The van der Waals surface area contributed by atoms with Crippen molar-refractivity contribution >= 4 is 5.82 Å². The summed E-state index contributed by atoms with van der Waals surface area (Å²) in [6.45, 7) is 4.25. The van der Waals surface area contributed by atoms with Gasteiger partial charge in [0, 0.05) is 24.8 Å². The number of nitrogens with zero attached hydrogens (tertiary/aromatic N) is 2. The maximum Gasteiger partial charge on any atom is 0.131 e. The van der Waals surface area contributed by atoms with Crippen molar-refractivity contribution in [3.63, 3.8) is 0 Å². The van der Waals surface area contributed by atoms with Crippen LogP contribution in [0.3, 0.4) is 0 Å². The van der Waals surface area contributed by atoms with E-state index in [1.54, 1.807) is 6.20 Å². The molecule has 0 radical (unpaired) electrons. The fourth-order valence-corrected chi connectivity index (χ4v) is 2.83. The van der Waals surface area contributed by atoms with E-state index in [1.165, 1.54) is 12.8 Å². The van der Waals surface area contributed by atoms with Crippen LogP contribution in [-0.2, 0) is 0 Å². The Morgan fingerprint density at radius 3 is 2.45 bits per heavy atom. The van der Waals surface area contributed by atoms with Gasteiger partial charge in [0.25, 0.3) is 0 Å². The third kappa shape index (κ3) is 2.54. The molecule has 1 aromatic heterocycles. The molecule has 2 aromatic rings. The van der Waals surface area contributed by atoms with Gasteiger partial charge in [-0.25, -0.2) is 4.98 Å². The zero-order chi connectivity index (χ0) is 13.9. The Morgan fingerprint density at radius 2 is 1.80 bits per heavy atom. The molecule has 3 nitrogen and oxygen atoms in total. The Morgan fingerprint density at radius 1 is 1.10 bits per heavy atom. The number of aliphatic hydroxyl groups excluding tert-OH is 1. The summed E-state index contributed by atoms with van der Waals surface area (Å²) < 4.78 is 0. The van der Waals surface area contributed by atoms with Crippen molar-refractivity contribution in [2.24, 2.45) is 0 Å². The van der Waals surface area contributed by atoms with Crippen molar-refractivity contribution in [3.05, 3.63) is 59.3 Å². The van der Waals surface area contributed by atoms with Crippen molar-refractivity contribution in [2.45, 2.75) is 25.9 Å². The Kier molecular flexibility index (Phi) is 3.70. The lowest BCUT2D eigenvalue weighted by Gasteiger charge is -2.20. The summed E-state index contributed by atoms with van der Waals surface area (Å²) in [5.41, 5.74) is 2.90. The van der Waals surface area contributed by atoms with Crippen molar-refractivity contribution in [1.29, 1.82) is 0 Å². The third-order valence-corrected chi connectivity index (χ3v) is 3.91. The van der Waals surface area contributed by atoms with Gasteiger partial charge in [-0.1, -0.05) is 30.3 Å². The van der Waals surface area contributed by atoms with Gasteiger partial charge in [-0.05, 0) is 37.0 Å². The molecule has 104 valence electrons. The molecule has 20 heavy (non-hydrogen) atoms. The Hall–Kier alpha value is -1.87. The number of rotatable bonds is 3. The molecule has 1 aliphatic heterocycles. The van der Waals surface area contributed by atoms with Crippen molar-refractivity contribution in [3.8, 4) is 0 Å². The van der Waals surface area contributed by atoms with Crippen LogP contribution < -0.4 is 4.90 Å². The predicted octanol–water partition coefficient (Wildman–Crippen LogP) is 3.07. The minimum Gasteiger partial charge on any atom is -0.384 e. The largest absolute Gasteiger partial charge is 0.384 e. The van der Waals surface area contributed by atoms with E-state index in [-0.39, 0.29) is 0 Å². The lowest BCUT2D eigenvalue weighted by molar-refractivity contribution is 0.220. The SMILES string of the molecule is Cc1cc(C(O)c2ccccc2)cnc1N1CCCC1. The number of aromatic nitrogens is 1. The molecule has 1 unspecified atom stereocenters. The average molecular weight is 268 g/mol. The van der Waals surface area contributed by atoms with E-state index >= 15 is 0 Å². The number of pyridine rings is 1. The first-order valence-electron chi connectivity index (χ1n) is 7.20. The number of benzene rings is 1. The molecular formula is C17H20N2O. The van der Waals surface area contributed by atoms with Crippen LogP contribution in [0.25, 0.3) is 0 Å². The Labute approximate surface area is 119 Å². The molecular weight excluding hydrogens is 248 g/mol. The van der Waals surface area contributed by atoms with E-state index < -0.39 is 6.10 Å². The van der Waals surface area contributed by atoms with Crippen LogP contribution in [0.1, 0.15) is 35.6 Å². The van der Waals surface area contributed by atoms with Gasteiger partial charge in [0.15, 0.2) is 0 Å². The topological polar surface area (TPSA) is 36.4 Å². The van der Waals surface area contributed by atoms with Crippen LogP contribution in [0, 0.1) is 6.92 Å². The van der Waals surface area contributed by atoms with E-state index in [4.69, 9.17) is 0 Å². The summed E-state index contributed by atoms with van der Waals surface area (Å²) in [4.78, 5) is 6.90. The normalized spacial score (nSPS) is 16.4. The zero-order valence-corrected chi connectivity index (χ0v) is 11.8. The minimum absolute atomic E-state index is 0.602. The highest BCUT2D eigenvalue weighted by molar-refractivity contribution is 5.49. The van der Waals surface area contributed by atoms with Gasteiger partial charge in [0.2, 0.25) is 0 Å². The maximum absolute atomic E-state index is 10.4. The van der Waals surface area contributed by atoms with Crippen molar-refractivity contribution < 1.29 is 5.11 Å². The van der Waals surface area contributed by atoms with Crippen molar-refractivity contribution in [2.75, 3.05) is 18.0 Å². The van der Waals surface area contributed by atoms with Crippen molar-refractivity contribution in [1.82, 2.24) is 4.98 Å². The molecule has 0 spiro atoms. The van der Waals surface area contributed by atoms with Crippen LogP contribution in [-0.4, -0.2) is 23.2 Å². The quantitative estimate of drug-likeness (QED) is 0.929. The standard InChI is InChI=1S/C17H20N2O/c1-13-11-15(16(20)14-7-3-2-4-8-14)12-18-17(13)19-9-5-6-10-19/h2-4,7-8,11-12,16,20H,5-6,9-10H2,1H3. The number of anilines is 1. The smallest absolute Gasteiger partial charge is 0.131 e. The van der Waals surface area contributed by atoms with Gasteiger partial charge >= 0.3 is 0 Å². The molecule has 0 amide bonds. The van der Waals surface area contributed by atoms with Gasteiger partial charge in [0.05, 0.1) is 0 Å². The van der Waals surface area contributed by atoms with Crippen LogP contribution >= 0.6 is 0 Å². The Bertz CT molecular complexity index is 577. The molecule has 3 heteroatoms. The van der Waals surface area contributed by atoms with Gasteiger partial charge in [-0.2, -0.15) is 0 Å². The van der Waals surface area contributed by atoms with Gasteiger partial charge in [0.1, 0.15) is 11.9 Å². The number of hydrogen-bond acceptors (Lipinski definition) is 3. The molecule has 3 rings (SSSR count). The summed E-state index contributed by atoms with van der Waals surface area (Å²) in [5, 5.41) is 10.4. The van der Waals surface area contributed by atoms with Crippen LogP contribution in [0.4, 0.5) is 5.82 Å².